The number of benzene rings is 2. The summed E-state index contributed by atoms with van der Waals surface area (Å²) in [6.45, 7) is 0.836. The van der Waals surface area contributed by atoms with Crippen molar-refractivity contribution in [2.75, 3.05) is 5.75 Å². The fourth-order valence-electron chi connectivity index (χ4n) is 2.13. The lowest BCUT2D eigenvalue weighted by molar-refractivity contribution is 0.730. The summed E-state index contributed by atoms with van der Waals surface area (Å²) in [4.78, 5) is 4.37. The molecule has 2 N–H and O–H groups in total. The van der Waals surface area contributed by atoms with Gasteiger partial charge < -0.3 is 9.55 Å². The van der Waals surface area contributed by atoms with Crippen LogP contribution in [0.15, 0.2) is 59.5 Å². The van der Waals surface area contributed by atoms with Crippen molar-refractivity contribution in [2.24, 2.45) is 0 Å². The summed E-state index contributed by atoms with van der Waals surface area (Å²) in [6.07, 6.45) is 0. The molecule has 0 radical (unpaired) electrons. The van der Waals surface area contributed by atoms with E-state index < -0.39 is 0 Å². The quantitative estimate of drug-likeness (QED) is 0.702. The van der Waals surface area contributed by atoms with Crippen LogP contribution in [0.3, 0.4) is 0 Å². The summed E-state index contributed by atoms with van der Waals surface area (Å²) in [7, 11) is 0. The van der Waals surface area contributed by atoms with Crippen molar-refractivity contribution >= 4 is 22.8 Å². The van der Waals surface area contributed by atoms with Gasteiger partial charge in [0.15, 0.2) is 5.62 Å². The molecule has 0 atom stereocenters. The van der Waals surface area contributed by atoms with Gasteiger partial charge in [0.1, 0.15) is 0 Å². The van der Waals surface area contributed by atoms with Crippen molar-refractivity contribution < 1.29 is 0 Å². The number of nitrogens with one attached hydrogen (secondary N) is 2. The number of nitrogens with zero attached hydrogens (tertiary/aromatic N) is 1. The monoisotopic (exact) mass is 269 g/mol. The van der Waals surface area contributed by atoms with Crippen molar-refractivity contribution in [3.05, 3.63) is 60.2 Å². The van der Waals surface area contributed by atoms with Gasteiger partial charge >= 0.3 is 0 Å². The van der Waals surface area contributed by atoms with Crippen molar-refractivity contribution in [1.29, 1.82) is 5.41 Å². The van der Waals surface area contributed by atoms with Gasteiger partial charge in [-0.25, -0.2) is 0 Å². The zero-order chi connectivity index (χ0) is 13.1. The second-order valence-corrected chi connectivity index (χ2v) is 5.47. The number of H-pyrrole nitrogens is 1. The molecule has 0 saturated heterocycles. The molecule has 1 heterocycles. The number of hydrogen-bond acceptors (Lipinski definition) is 2. The number of rotatable bonds is 4. The molecule has 3 nitrogen and oxygen atoms in total. The smallest absolute Gasteiger partial charge is 0.200 e. The van der Waals surface area contributed by atoms with Gasteiger partial charge in [-0.05, 0) is 24.3 Å². The van der Waals surface area contributed by atoms with Gasteiger partial charge in [0.05, 0.1) is 11.0 Å². The van der Waals surface area contributed by atoms with E-state index in [1.54, 1.807) is 0 Å². The molecule has 4 heteroatoms. The van der Waals surface area contributed by atoms with Crippen LogP contribution in [0, 0.1) is 5.41 Å². The molecule has 0 spiro atoms. The molecule has 3 aromatic rings. The molecule has 0 aliphatic carbocycles. The molecule has 19 heavy (non-hydrogen) atoms. The topological polar surface area (TPSA) is 44.6 Å². The van der Waals surface area contributed by atoms with Gasteiger partial charge in [-0.2, -0.15) is 0 Å². The number of hydrogen-bond donors (Lipinski definition) is 2. The first-order chi connectivity index (χ1) is 9.34. The highest BCUT2D eigenvalue weighted by Gasteiger charge is 2.03. The lowest BCUT2D eigenvalue weighted by atomic mass is 10.3. The number of aryl methyl sites for hydroxylation is 1. The molecule has 96 valence electrons. The zero-order valence-corrected chi connectivity index (χ0v) is 11.3. The molecule has 2 aromatic carbocycles. The summed E-state index contributed by atoms with van der Waals surface area (Å²) >= 11 is 1.82. The number of aromatic amines is 1. The zero-order valence-electron chi connectivity index (χ0n) is 10.5. The SMILES string of the molecule is N=c1[nH]c2ccccc2n1CCSc1ccccc1. The molecule has 0 unspecified atom stereocenters. The second kappa shape index (κ2) is 5.36. The number of fused-ring (bicyclic) bond motifs is 1. The van der Waals surface area contributed by atoms with Crippen LogP contribution < -0.4 is 5.62 Å². The van der Waals surface area contributed by atoms with Crippen molar-refractivity contribution in [2.45, 2.75) is 11.4 Å². The Hall–Kier alpha value is -1.94. The van der Waals surface area contributed by atoms with Crippen LogP contribution in [-0.2, 0) is 6.54 Å². The van der Waals surface area contributed by atoms with Gasteiger partial charge in [-0.3, -0.25) is 5.41 Å². The highest BCUT2D eigenvalue weighted by Crippen LogP contribution is 2.17. The van der Waals surface area contributed by atoms with E-state index >= 15 is 0 Å². The van der Waals surface area contributed by atoms with Crippen LogP contribution in [-0.4, -0.2) is 15.3 Å². The number of imidazole rings is 1. The Morgan fingerprint density at radius 1 is 1.00 bits per heavy atom. The van der Waals surface area contributed by atoms with Crippen LogP contribution in [0.1, 0.15) is 0 Å². The van der Waals surface area contributed by atoms with Gasteiger partial charge in [-0.15, -0.1) is 11.8 Å². The molecule has 1 aromatic heterocycles. The molecular weight excluding hydrogens is 254 g/mol. The third kappa shape index (κ3) is 2.58. The second-order valence-electron chi connectivity index (χ2n) is 4.30. The standard InChI is InChI=1S/C15H15N3S/c16-15-17-13-8-4-5-9-14(13)18(15)10-11-19-12-6-2-1-3-7-12/h1-9H,10-11H2,(H2,16,17). The van der Waals surface area contributed by atoms with Gasteiger partial charge in [-0.1, -0.05) is 30.3 Å². The van der Waals surface area contributed by atoms with Crippen LogP contribution in [0.4, 0.5) is 0 Å². The molecule has 0 amide bonds. The van der Waals surface area contributed by atoms with E-state index in [2.05, 4.69) is 35.3 Å². The number of thioether (sulfide) groups is 1. The minimum absolute atomic E-state index is 0.467. The normalized spacial score (nSPS) is 10.9. The highest BCUT2D eigenvalue weighted by molar-refractivity contribution is 7.99. The third-order valence-electron chi connectivity index (χ3n) is 3.04. The average molecular weight is 269 g/mol. The van der Waals surface area contributed by atoms with E-state index in [0.29, 0.717) is 5.62 Å². The van der Waals surface area contributed by atoms with Crippen LogP contribution in [0.25, 0.3) is 11.0 Å². The predicted molar refractivity (Wildman–Crippen MR) is 79.3 cm³/mol. The Bertz CT molecular complexity index is 728. The largest absolute Gasteiger partial charge is 0.324 e. The summed E-state index contributed by atoms with van der Waals surface area (Å²) in [5.41, 5.74) is 2.59. The third-order valence-corrected chi connectivity index (χ3v) is 4.04. The van der Waals surface area contributed by atoms with Crippen molar-refractivity contribution in [3.8, 4) is 0 Å². The first kappa shape index (κ1) is 12.1. The highest BCUT2D eigenvalue weighted by atomic mass is 32.2. The van der Waals surface area contributed by atoms with Gasteiger partial charge in [0, 0.05) is 17.2 Å². The maximum absolute atomic E-state index is 7.98. The molecular formula is C15H15N3S. The van der Waals surface area contributed by atoms with E-state index in [1.807, 2.05) is 40.6 Å². The molecule has 3 rings (SSSR count). The van der Waals surface area contributed by atoms with E-state index in [4.69, 9.17) is 5.41 Å². The number of aromatic nitrogens is 2. The van der Waals surface area contributed by atoms with Crippen LogP contribution in [0.2, 0.25) is 0 Å². The first-order valence-corrected chi connectivity index (χ1v) is 7.23. The van der Waals surface area contributed by atoms with E-state index in [9.17, 15) is 0 Å². The maximum Gasteiger partial charge on any atom is 0.200 e. The van der Waals surface area contributed by atoms with E-state index in [-0.39, 0.29) is 0 Å². The average Bonchev–Trinajstić information content (AvgIpc) is 2.76. The fourth-order valence-corrected chi connectivity index (χ4v) is 2.99. The van der Waals surface area contributed by atoms with E-state index in [1.165, 1.54) is 4.90 Å². The van der Waals surface area contributed by atoms with Crippen molar-refractivity contribution in [3.63, 3.8) is 0 Å². The van der Waals surface area contributed by atoms with Gasteiger partial charge in [0.25, 0.3) is 0 Å². The lowest BCUT2D eigenvalue weighted by Crippen LogP contribution is -2.18. The van der Waals surface area contributed by atoms with Crippen LogP contribution >= 0.6 is 11.8 Å². The Labute approximate surface area is 115 Å². The summed E-state index contributed by atoms with van der Waals surface area (Å²) in [5.74, 6) is 0.961. The Morgan fingerprint density at radius 3 is 2.58 bits per heavy atom. The first-order valence-electron chi connectivity index (χ1n) is 6.24. The Morgan fingerprint density at radius 2 is 1.74 bits per heavy atom. The van der Waals surface area contributed by atoms with Gasteiger partial charge in [0.2, 0.25) is 0 Å². The van der Waals surface area contributed by atoms with Crippen molar-refractivity contribution in [1.82, 2.24) is 9.55 Å². The summed E-state index contributed by atoms with van der Waals surface area (Å²) < 4.78 is 2.02. The van der Waals surface area contributed by atoms with Crippen LogP contribution in [0.5, 0.6) is 0 Å². The molecule has 0 saturated carbocycles. The van der Waals surface area contributed by atoms with E-state index in [0.717, 1.165) is 23.3 Å². The minimum atomic E-state index is 0.467. The Kier molecular flexibility index (Phi) is 3.42. The predicted octanol–water partition coefficient (Wildman–Crippen LogP) is 3.24. The molecule has 0 fully saturated rings. The minimum Gasteiger partial charge on any atom is -0.324 e. The summed E-state index contributed by atoms with van der Waals surface area (Å²) in [5, 5.41) is 7.98. The maximum atomic E-state index is 7.98. The number of para-hydroxylation sites is 2. The lowest BCUT2D eigenvalue weighted by Gasteiger charge is -2.04. The molecule has 0 aliphatic rings. The Balaban J connectivity index is 1.75. The molecule has 0 bridgehead atoms. The fraction of sp³-hybridized carbons (Fsp3) is 0.133. The molecule has 0 aliphatic heterocycles. The summed E-state index contributed by atoms with van der Waals surface area (Å²) in [6, 6.07) is 18.4.